The SMILES string of the molecule is O=[N+]([O-])c1cc(C(F)(F)F)ccc1NC1CCNC1. The first-order valence-corrected chi connectivity index (χ1v) is 5.71. The molecule has 1 fully saturated rings. The van der Waals surface area contributed by atoms with E-state index < -0.39 is 22.4 Å². The van der Waals surface area contributed by atoms with Crippen molar-refractivity contribution in [2.24, 2.45) is 0 Å². The molecule has 5 nitrogen and oxygen atoms in total. The van der Waals surface area contributed by atoms with Crippen LogP contribution in [0.2, 0.25) is 0 Å². The van der Waals surface area contributed by atoms with Gasteiger partial charge < -0.3 is 10.6 Å². The second-order valence-corrected chi connectivity index (χ2v) is 4.32. The van der Waals surface area contributed by atoms with Gasteiger partial charge >= 0.3 is 6.18 Å². The van der Waals surface area contributed by atoms with Crippen LogP contribution in [0.25, 0.3) is 0 Å². The van der Waals surface area contributed by atoms with Crippen molar-refractivity contribution in [2.75, 3.05) is 18.4 Å². The minimum absolute atomic E-state index is 0.00423. The first-order chi connectivity index (χ1) is 8.88. The molecule has 0 saturated carbocycles. The lowest BCUT2D eigenvalue weighted by atomic mass is 10.1. The number of alkyl halides is 3. The Morgan fingerprint density at radius 1 is 1.42 bits per heavy atom. The first-order valence-electron chi connectivity index (χ1n) is 5.71. The molecule has 1 atom stereocenters. The predicted octanol–water partition coefficient (Wildman–Crippen LogP) is 2.39. The number of nitro benzene ring substituents is 1. The second-order valence-electron chi connectivity index (χ2n) is 4.32. The molecule has 19 heavy (non-hydrogen) atoms. The highest BCUT2D eigenvalue weighted by atomic mass is 19.4. The average Bonchev–Trinajstić information content (AvgIpc) is 2.80. The van der Waals surface area contributed by atoms with Gasteiger partial charge in [0.15, 0.2) is 0 Å². The standard InChI is InChI=1S/C11H12F3N3O2/c12-11(13,14)7-1-2-9(10(5-7)17(18)19)16-8-3-4-15-6-8/h1-2,5,8,15-16H,3-4,6H2. The third-order valence-corrected chi connectivity index (χ3v) is 2.94. The molecule has 1 aromatic rings. The highest BCUT2D eigenvalue weighted by molar-refractivity contribution is 5.63. The van der Waals surface area contributed by atoms with E-state index in [9.17, 15) is 23.3 Å². The van der Waals surface area contributed by atoms with E-state index in [4.69, 9.17) is 0 Å². The summed E-state index contributed by atoms with van der Waals surface area (Å²) in [4.78, 5) is 10.1. The van der Waals surface area contributed by atoms with Crippen LogP contribution >= 0.6 is 0 Å². The van der Waals surface area contributed by atoms with E-state index in [1.807, 2.05) is 0 Å². The first kappa shape index (κ1) is 13.6. The van der Waals surface area contributed by atoms with Gasteiger partial charge in [-0.3, -0.25) is 10.1 Å². The van der Waals surface area contributed by atoms with E-state index >= 15 is 0 Å². The van der Waals surface area contributed by atoms with Crippen molar-refractivity contribution < 1.29 is 18.1 Å². The van der Waals surface area contributed by atoms with Gasteiger partial charge in [-0.25, -0.2) is 0 Å². The molecule has 0 spiro atoms. The van der Waals surface area contributed by atoms with Gasteiger partial charge in [-0.15, -0.1) is 0 Å². The molecule has 1 aromatic carbocycles. The summed E-state index contributed by atoms with van der Waals surface area (Å²) in [6.07, 6.45) is -3.81. The number of halogens is 3. The Labute approximate surface area is 106 Å². The fourth-order valence-electron chi connectivity index (χ4n) is 1.98. The summed E-state index contributed by atoms with van der Waals surface area (Å²) in [5.74, 6) is 0. The number of anilines is 1. The van der Waals surface area contributed by atoms with Gasteiger partial charge in [0, 0.05) is 18.7 Å². The molecule has 1 heterocycles. The van der Waals surface area contributed by atoms with Crippen LogP contribution in [0.4, 0.5) is 24.5 Å². The average molecular weight is 275 g/mol. The third kappa shape index (κ3) is 3.14. The molecule has 0 aromatic heterocycles. The molecule has 1 saturated heterocycles. The Bertz CT molecular complexity index is 485. The van der Waals surface area contributed by atoms with Crippen LogP contribution in [-0.4, -0.2) is 24.1 Å². The van der Waals surface area contributed by atoms with Crippen molar-refractivity contribution in [3.63, 3.8) is 0 Å². The maximum absolute atomic E-state index is 12.5. The van der Waals surface area contributed by atoms with Gasteiger partial charge in [0.1, 0.15) is 5.69 Å². The van der Waals surface area contributed by atoms with E-state index in [2.05, 4.69) is 10.6 Å². The number of nitrogens with one attached hydrogen (secondary N) is 2. The van der Waals surface area contributed by atoms with Crippen LogP contribution in [-0.2, 0) is 6.18 Å². The van der Waals surface area contributed by atoms with Crippen LogP contribution in [0.15, 0.2) is 18.2 Å². The number of nitro groups is 1. The van der Waals surface area contributed by atoms with E-state index in [0.717, 1.165) is 25.1 Å². The summed E-state index contributed by atoms with van der Waals surface area (Å²) in [5, 5.41) is 16.8. The van der Waals surface area contributed by atoms with Crippen LogP contribution in [0.5, 0.6) is 0 Å². The predicted molar refractivity (Wildman–Crippen MR) is 63.0 cm³/mol. The van der Waals surface area contributed by atoms with Crippen LogP contribution in [0, 0.1) is 10.1 Å². The molecule has 2 rings (SSSR count). The lowest BCUT2D eigenvalue weighted by molar-refractivity contribution is -0.384. The monoisotopic (exact) mass is 275 g/mol. The fraction of sp³-hybridized carbons (Fsp3) is 0.455. The zero-order valence-electron chi connectivity index (χ0n) is 9.83. The molecule has 1 unspecified atom stereocenters. The van der Waals surface area contributed by atoms with Crippen molar-refractivity contribution in [3.8, 4) is 0 Å². The second kappa shape index (κ2) is 5.04. The number of nitrogens with zero attached hydrogens (tertiary/aromatic N) is 1. The summed E-state index contributed by atoms with van der Waals surface area (Å²) in [5.41, 5.74) is -1.46. The molecule has 1 aliphatic rings. The molecular weight excluding hydrogens is 263 g/mol. The molecule has 8 heteroatoms. The Morgan fingerprint density at radius 3 is 2.68 bits per heavy atom. The Morgan fingerprint density at radius 2 is 2.16 bits per heavy atom. The number of hydrogen-bond acceptors (Lipinski definition) is 4. The van der Waals surface area contributed by atoms with E-state index in [1.54, 1.807) is 0 Å². The Kier molecular flexibility index (Phi) is 3.61. The largest absolute Gasteiger partial charge is 0.416 e. The van der Waals surface area contributed by atoms with Gasteiger partial charge in [-0.05, 0) is 25.1 Å². The van der Waals surface area contributed by atoms with E-state index in [-0.39, 0.29) is 11.7 Å². The molecule has 0 radical (unpaired) electrons. The highest BCUT2D eigenvalue weighted by Crippen LogP contribution is 2.35. The zero-order valence-corrected chi connectivity index (χ0v) is 9.83. The van der Waals surface area contributed by atoms with Crippen LogP contribution in [0.1, 0.15) is 12.0 Å². The molecule has 104 valence electrons. The van der Waals surface area contributed by atoms with Crippen molar-refractivity contribution in [2.45, 2.75) is 18.6 Å². The Hall–Kier alpha value is -1.83. The summed E-state index contributed by atoms with van der Waals surface area (Å²) >= 11 is 0. The van der Waals surface area contributed by atoms with Gasteiger partial charge in [-0.2, -0.15) is 13.2 Å². The minimum atomic E-state index is -4.59. The van der Waals surface area contributed by atoms with Crippen molar-refractivity contribution >= 4 is 11.4 Å². The summed E-state index contributed by atoms with van der Waals surface area (Å²) in [7, 11) is 0. The molecule has 0 amide bonds. The molecule has 0 aliphatic carbocycles. The van der Waals surface area contributed by atoms with Gasteiger partial charge in [0.2, 0.25) is 0 Å². The summed E-state index contributed by atoms with van der Waals surface area (Å²) in [6, 6.07) is 2.51. The number of benzene rings is 1. The van der Waals surface area contributed by atoms with Crippen LogP contribution in [0.3, 0.4) is 0 Å². The normalized spacial score (nSPS) is 19.4. The summed E-state index contributed by atoms with van der Waals surface area (Å²) in [6.45, 7) is 1.42. The number of hydrogen-bond donors (Lipinski definition) is 2. The zero-order chi connectivity index (χ0) is 14.0. The maximum Gasteiger partial charge on any atom is 0.416 e. The van der Waals surface area contributed by atoms with Gasteiger partial charge in [-0.1, -0.05) is 0 Å². The van der Waals surface area contributed by atoms with Gasteiger partial charge in [0.25, 0.3) is 5.69 Å². The molecule has 1 aliphatic heterocycles. The fourth-order valence-corrected chi connectivity index (χ4v) is 1.98. The maximum atomic E-state index is 12.5. The molecular formula is C11H12F3N3O2. The Balaban J connectivity index is 2.29. The molecule has 2 N–H and O–H groups in total. The van der Waals surface area contributed by atoms with Crippen molar-refractivity contribution in [1.29, 1.82) is 0 Å². The van der Waals surface area contributed by atoms with Crippen LogP contribution < -0.4 is 10.6 Å². The molecule has 0 bridgehead atoms. The van der Waals surface area contributed by atoms with E-state index in [1.165, 1.54) is 0 Å². The van der Waals surface area contributed by atoms with Gasteiger partial charge in [0.05, 0.1) is 10.5 Å². The minimum Gasteiger partial charge on any atom is -0.375 e. The third-order valence-electron chi connectivity index (χ3n) is 2.94. The highest BCUT2D eigenvalue weighted by Gasteiger charge is 2.33. The lowest BCUT2D eigenvalue weighted by Gasteiger charge is -2.14. The quantitative estimate of drug-likeness (QED) is 0.656. The topological polar surface area (TPSA) is 67.2 Å². The lowest BCUT2D eigenvalue weighted by Crippen LogP contribution is -2.22. The number of rotatable bonds is 3. The van der Waals surface area contributed by atoms with Crippen molar-refractivity contribution in [3.05, 3.63) is 33.9 Å². The summed E-state index contributed by atoms with van der Waals surface area (Å²) < 4.78 is 37.5. The van der Waals surface area contributed by atoms with Crippen molar-refractivity contribution in [1.82, 2.24) is 5.32 Å². The smallest absolute Gasteiger partial charge is 0.375 e. The van der Waals surface area contributed by atoms with E-state index in [0.29, 0.717) is 12.6 Å².